The van der Waals surface area contributed by atoms with Crippen LogP contribution in [0, 0.1) is 0 Å². The average Bonchev–Trinajstić information content (AvgIpc) is 3.26. The zero-order valence-corrected chi connectivity index (χ0v) is 18.3. The van der Waals surface area contributed by atoms with Crippen molar-refractivity contribution in [1.29, 1.82) is 0 Å². The molecule has 1 amide bonds. The maximum Gasteiger partial charge on any atom is 0.279 e. The van der Waals surface area contributed by atoms with Crippen molar-refractivity contribution < 1.29 is 42.0 Å². The first-order valence-corrected chi connectivity index (χ1v) is 9.54. The molecule has 0 atom stereocenters. The second-order valence-corrected chi connectivity index (χ2v) is 7.64. The third-order valence-electron chi connectivity index (χ3n) is 5.77. The number of hydrogen-bond donors (Lipinski definition) is 1. The Morgan fingerprint density at radius 2 is 1.69 bits per heavy atom. The second kappa shape index (κ2) is 8.77. The maximum atomic E-state index is 12.8. The molecular formula is C22H27N2OY+. The number of hydrogen-bond acceptors (Lipinski definition) is 1. The molecule has 26 heavy (non-hydrogen) atoms. The molecule has 1 heterocycles. The van der Waals surface area contributed by atoms with Gasteiger partial charge in [-0.25, -0.2) is 0 Å². The molecule has 1 aliphatic heterocycles. The van der Waals surface area contributed by atoms with E-state index in [-0.39, 0.29) is 38.6 Å². The van der Waals surface area contributed by atoms with Crippen molar-refractivity contribution in [3.8, 4) is 0 Å². The maximum absolute atomic E-state index is 12.8. The van der Waals surface area contributed by atoms with Gasteiger partial charge in [0.25, 0.3) is 5.91 Å². The van der Waals surface area contributed by atoms with Gasteiger partial charge in [-0.15, -0.1) is 0 Å². The Hall–Kier alpha value is -1.03. The van der Waals surface area contributed by atoms with E-state index < -0.39 is 0 Å². The molecule has 1 fully saturated rings. The van der Waals surface area contributed by atoms with Crippen LogP contribution in [0.25, 0.3) is 0 Å². The number of benzene rings is 2. The van der Waals surface area contributed by atoms with Gasteiger partial charge in [-0.3, -0.25) is 4.79 Å². The Labute approximate surface area is 181 Å². The molecule has 0 spiro atoms. The topological polar surface area (TPSA) is 29.1 Å². The van der Waals surface area contributed by atoms with Gasteiger partial charge in [0.1, 0.15) is 6.54 Å². The van der Waals surface area contributed by atoms with Crippen LogP contribution in [0.3, 0.4) is 0 Å². The molecule has 4 rings (SSSR count). The van der Waals surface area contributed by atoms with Gasteiger partial charge in [-0.1, -0.05) is 42.5 Å². The molecule has 3 nitrogen and oxygen atoms in total. The van der Waals surface area contributed by atoms with Gasteiger partial charge in [0.2, 0.25) is 0 Å². The first kappa shape index (κ1) is 19.7. The summed E-state index contributed by atoms with van der Waals surface area (Å²) in [4.78, 5) is 12.8. The summed E-state index contributed by atoms with van der Waals surface area (Å²) in [5, 5.41) is 3.23. The molecule has 4 heteroatoms. The zero-order valence-electron chi connectivity index (χ0n) is 15.4. The van der Waals surface area contributed by atoms with Gasteiger partial charge < -0.3 is 9.80 Å². The van der Waals surface area contributed by atoms with Gasteiger partial charge >= 0.3 is 0 Å². The summed E-state index contributed by atoms with van der Waals surface area (Å²) in [6.07, 6.45) is 5.89. The third-order valence-corrected chi connectivity index (χ3v) is 5.77. The van der Waals surface area contributed by atoms with E-state index in [4.69, 9.17) is 0 Å². The molecular weight excluding hydrogens is 397 g/mol. The van der Waals surface area contributed by atoms with Crippen molar-refractivity contribution in [1.82, 2.24) is 0 Å². The Morgan fingerprint density at radius 1 is 0.923 bits per heavy atom. The Kier molecular flexibility index (Phi) is 6.66. The molecule has 0 unspecified atom stereocenters. The van der Waals surface area contributed by atoms with Crippen LogP contribution in [0.4, 0.5) is 5.69 Å². The summed E-state index contributed by atoms with van der Waals surface area (Å²) in [5.74, 6) is 0.165. The minimum atomic E-state index is 0. The summed E-state index contributed by atoms with van der Waals surface area (Å²) >= 11 is 0. The number of carbonyl (C=O) groups excluding carboxylic acids is 1. The van der Waals surface area contributed by atoms with Crippen LogP contribution in [0.2, 0.25) is 0 Å². The quantitative estimate of drug-likeness (QED) is 0.725. The van der Waals surface area contributed by atoms with Gasteiger partial charge in [0.15, 0.2) is 6.54 Å². The number of nitrogens with one attached hydrogen (secondary N) is 1. The van der Waals surface area contributed by atoms with E-state index in [2.05, 4.69) is 53.8 Å². The molecule has 2 aliphatic rings. The molecule has 1 aliphatic carbocycles. The largest absolute Gasteiger partial charge is 0.321 e. The number of aryl methyl sites for hydroxylation is 1. The van der Waals surface area contributed by atoms with Gasteiger partial charge in [0, 0.05) is 56.8 Å². The first-order valence-electron chi connectivity index (χ1n) is 9.54. The third kappa shape index (κ3) is 4.44. The molecule has 1 N–H and O–H groups in total. The summed E-state index contributed by atoms with van der Waals surface area (Å²) in [6.45, 7) is 3.75. The Balaban J connectivity index is 0.00000196. The fourth-order valence-corrected chi connectivity index (χ4v) is 4.58. The van der Waals surface area contributed by atoms with Crippen LogP contribution in [0.1, 0.15) is 36.0 Å². The van der Waals surface area contributed by atoms with E-state index in [1.165, 1.54) is 36.0 Å². The predicted octanol–water partition coefficient (Wildman–Crippen LogP) is 3.92. The molecule has 133 valence electrons. The standard InChI is InChI=1S/C22H26N2O.Y/c25-22(23-21-13-7-11-19-10-6-12-20(19)21)17-24(14-4-5-15-24)16-18-8-2-1-3-9-18;/h1-3,7-9,11,13H,4-6,10,12,14-17H2;/p+1. The van der Waals surface area contributed by atoms with Crippen LogP contribution in [-0.2, 0) is 56.9 Å². The molecule has 0 saturated carbocycles. The van der Waals surface area contributed by atoms with Gasteiger partial charge in [0.05, 0.1) is 13.1 Å². The number of rotatable bonds is 5. The summed E-state index contributed by atoms with van der Waals surface area (Å²) in [5.41, 5.74) is 5.13. The number of fused-ring (bicyclic) bond motifs is 1. The smallest absolute Gasteiger partial charge is 0.279 e. The molecule has 2 aromatic rings. The summed E-state index contributed by atoms with van der Waals surface area (Å²) in [6, 6.07) is 16.9. The fourth-order valence-electron chi connectivity index (χ4n) is 4.58. The van der Waals surface area contributed by atoms with E-state index in [1.54, 1.807) is 0 Å². The van der Waals surface area contributed by atoms with Gasteiger partial charge in [-0.05, 0) is 36.5 Å². The van der Waals surface area contributed by atoms with Crippen molar-refractivity contribution in [3.63, 3.8) is 0 Å². The monoisotopic (exact) mass is 424 g/mol. The summed E-state index contributed by atoms with van der Waals surface area (Å²) < 4.78 is 0.894. The van der Waals surface area contributed by atoms with Gasteiger partial charge in [-0.2, -0.15) is 0 Å². The molecule has 0 aromatic heterocycles. The number of quaternary nitrogens is 1. The van der Waals surface area contributed by atoms with Crippen molar-refractivity contribution in [2.75, 3.05) is 25.0 Å². The number of amides is 1. The number of carbonyl (C=O) groups is 1. The number of likely N-dealkylation sites (tertiary alicyclic amines) is 1. The normalized spacial score (nSPS) is 17.4. The molecule has 0 bridgehead atoms. The summed E-state index contributed by atoms with van der Waals surface area (Å²) in [7, 11) is 0. The SMILES string of the molecule is O=C(C[N+]1(Cc2ccccc2)CCCC1)Nc1cccc2c1CCC2.[Y]. The van der Waals surface area contributed by atoms with Crippen LogP contribution < -0.4 is 5.32 Å². The number of nitrogens with zero attached hydrogens (tertiary/aromatic N) is 1. The minimum absolute atomic E-state index is 0. The van der Waals surface area contributed by atoms with Crippen molar-refractivity contribution in [3.05, 3.63) is 65.2 Å². The number of anilines is 1. The molecule has 2 aromatic carbocycles. The van der Waals surface area contributed by atoms with Crippen LogP contribution in [-0.4, -0.2) is 30.0 Å². The Morgan fingerprint density at radius 3 is 2.46 bits per heavy atom. The fraction of sp³-hybridized carbons (Fsp3) is 0.409. The van der Waals surface area contributed by atoms with Crippen LogP contribution in [0.5, 0.6) is 0 Å². The zero-order chi connectivity index (χ0) is 17.1. The minimum Gasteiger partial charge on any atom is -0.321 e. The molecule has 1 radical (unpaired) electrons. The van der Waals surface area contributed by atoms with E-state index in [1.807, 2.05) is 0 Å². The van der Waals surface area contributed by atoms with Crippen molar-refractivity contribution in [2.45, 2.75) is 38.6 Å². The van der Waals surface area contributed by atoms with Crippen LogP contribution >= 0.6 is 0 Å². The predicted molar refractivity (Wildman–Crippen MR) is 101 cm³/mol. The van der Waals surface area contributed by atoms with E-state index in [0.29, 0.717) is 6.54 Å². The van der Waals surface area contributed by atoms with Crippen molar-refractivity contribution >= 4 is 11.6 Å². The Bertz CT molecular complexity index is 754. The second-order valence-electron chi connectivity index (χ2n) is 7.64. The van der Waals surface area contributed by atoms with E-state index >= 15 is 0 Å². The van der Waals surface area contributed by atoms with E-state index in [0.717, 1.165) is 42.6 Å². The average molecular weight is 424 g/mol. The molecule has 1 saturated heterocycles. The van der Waals surface area contributed by atoms with Crippen LogP contribution in [0.15, 0.2) is 48.5 Å². The first-order chi connectivity index (χ1) is 12.2. The van der Waals surface area contributed by atoms with E-state index in [9.17, 15) is 4.79 Å². The van der Waals surface area contributed by atoms with Crippen molar-refractivity contribution in [2.24, 2.45) is 0 Å².